The Kier molecular flexibility index (Phi) is 5.16. The molecule has 134 valence electrons. The second-order valence-corrected chi connectivity index (χ2v) is 7.57. The van der Waals surface area contributed by atoms with Gasteiger partial charge in [0.1, 0.15) is 23.8 Å². The molecule has 0 fully saturated rings. The number of fused-ring (bicyclic) bond motifs is 2. The fourth-order valence-electron chi connectivity index (χ4n) is 3.32. The van der Waals surface area contributed by atoms with Crippen LogP contribution >= 0.6 is 11.3 Å². The number of para-hydroxylation sites is 1. The van der Waals surface area contributed by atoms with Gasteiger partial charge in [0.25, 0.3) is 0 Å². The Morgan fingerprint density at radius 3 is 2.92 bits per heavy atom. The van der Waals surface area contributed by atoms with Crippen LogP contribution in [0.5, 0.6) is 5.75 Å². The lowest BCUT2D eigenvalue weighted by atomic mass is 10.1. The maximum absolute atomic E-state index is 12.3. The predicted molar refractivity (Wildman–Crippen MR) is 103 cm³/mol. The number of ether oxygens (including phenoxy) is 2. The first-order valence-electron chi connectivity index (χ1n) is 9.06. The van der Waals surface area contributed by atoms with Gasteiger partial charge in [0, 0.05) is 16.5 Å². The summed E-state index contributed by atoms with van der Waals surface area (Å²) in [5.74, 6) is 0.515. The van der Waals surface area contributed by atoms with E-state index in [1.54, 1.807) is 17.5 Å². The van der Waals surface area contributed by atoms with Crippen molar-refractivity contribution in [2.45, 2.75) is 32.1 Å². The monoisotopic (exact) mass is 367 g/mol. The molecule has 0 amide bonds. The first-order chi connectivity index (χ1) is 12.8. The summed E-state index contributed by atoms with van der Waals surface area (Å²) in [5, 5.41) is 0.961. The molecule has 0 saturated heterocycles. The minimum absolute atomic E-state index is 0.234. The van der Waals surface area contributed by atoms with Gasteiger partial charge >= 0.3 is 5.97 Å². The van der Waals surface area contributed by atoms with Crippen LogP contribution in [0.1, 0.15) is 39.4 Å². The van der Waals surface area contributed by atoms with Crippen molar-refractivity contribution in [1.29, 1.82) is 0 Å². The lowest BCUT2D eigenvalue weighted by Gasteiger charge is -2.09. The Balaban J connectivity index is 1.32. The van der Waals surface area contributed by atoms with Crippen LogP contribution in [0.25, 0.3) is 10.9 Å². The summed E-state index contributed by atoms with van der Waals surface area (Å²) < 4.78 is 11.2. The Hall–Kier alpha value is -2.40. The maximum atomic E-state index is 12.3. The molecule has 0 unspecified atom stereocenters. The zero-order chi connectivity index (χ0) is 17.8. The lowest BCUT2D eigenvalue weighted by molar-refractivity contribution is 0.0457. The number of pyridine rings is 1. The third-order valence-electron chi connectivity index (χ3n) is 4.63. The summed E-state index contributed by atoms with van der Waals surface area (Å²) in [6, 6.07) is 11.7. The molecule has 1 aromatic carbocycles. The molecule has 26 heavy (non-hydrogen) atoms. The summed E-state index contributed by atoms with van der Waals surface area (Å²) in [6.07, 6.45) is 7.61. The van der Waals surface area contributed by atoms with Gasteiger partial charge < -0.3 is 9.47 Å². The number of benzene rings is 1. The Labute approximate surface area is 156 Å². The van der Waals surface area contributed by atoms with E-state index in [2.05, 4.69) is 4.98 Å². The van der Waals surface area contributed by atoms with Crippen LogP contribution in [0.3, 0.4) is 0 Å². The van der Waals surface area contributed by atoms with E-state index in [0.717, 1.165) is 29.5 Å². The molecule has 1 aliphatic rings. The number of rotatable bonds is 5. The number of hydrogen-bond donors (Lipinski definition) is 0. The first kappa shape index (κ1) is 17.0. The van der Waals surface area contributed by atoms with Gasteiger partial charge in [-0.2, -0.15) is 0 Å². The SMILES string of the molecule is O=C(OCCOc1ccnc2ccccc12)c1cc2c(s1)CCCCC2. The second-order valence-electron chi connectivity index (χ2n) is 6.43. The van der Waals surface area contributed by atoms with Gasteiger partial charge in [-0.3, -0.25) is 4.98 Å². The van der Waals surface area contributed by atoms with Crippen LogP contribution in [-0.4, -0.2) is 24.2 Å². The van der Waals surface area contributed by atoms with Crippen molar-refractivity contribution >= 4 is 28.2 Å². The van der Waals surface area contributed by atoms with E-state index >= 15 is 0 Å². The maximum Gasteiger partial charge on any atom is 0.348 e. The number of aromatic nitrogens is 1. The normalized spacial score (nSPS) is 13.8. The zero-order valence-corrected chi connectivity index (χ0v) is 15.4. The Morgan fingerprint density at radius 1 is 1.08 bits per heavy atom. The van der Waals surface area contributed by atoms with E-state index in [-0.39, 0.29) is 12.6 Å². The van der Waals surface area contributed by atoms with Gasteiger partial charge in [-0.15, -0.1) is 11.3 Å². The first-order valence-corrected chi connectivity index (χ1v) is 9.88. The van der Waals surface area contributed by atoms with E-state index in [9.17, 15) is 4.79 Å². The molecule has 2 heterocycles. The quantitative estimate of drug-likeness (QED) is 0.369. The summed E-state index contributed by atoms with van der Waals surface area (Å²) in [4.78, 5) is 18.7. The van der Waals surface area contributed by atoms with E-state index in [1.807, 2.05) is 36.4 Å². The molecule has 2 aromatic heterocycles. The van der Waals surface area contributed by atoms with Gasteiger partial charge in [0.15, 0.2) is 0 Å². The van der Waals surface area contributed by atoms with Crippen molar-refractivity contribution in [2.24, 2.45) is 0 Å². The third-order valence-corrected chi connectivity index (χ3v) is 5.85. The zero-order valence-electron chi connectivity index (χ0n) is 14.6. The highest BCUT2D eigenvalue weighted by atomic mass is 32.1. The molecular weight excluding hydrogens is 346 g/mol. The molecule has 0 bridgehead atoms. The van der Waals surface area contributed by atoms with Crippen molar-refractivity contribution < 1.29 is 14.3 Å². The molecule has 0 radical (unpaired) electrons. The van der Waals surface area contributed by atoms with Gasteiger partial charge in [0.2, 0.25) is 0 Å². The number of carbonyl (C=O) groups is 1. The van der Waals surface area contributed by atoms with Gasteiger partial charge in [0.05, 0.1) is 5.52 Å². The smallest absolute Gasteiger partial charge is 0.348 e. The van der Waals surface area contributed by atoms with Gasteiger partial charge in [-0.1, -0.05) is 18.6 Å². The molecule has 0 atom stereocenters. The van der Waals surface area contributed by atoms with E-state index in [1.165, 1.54) is 29.7 Å². The predicted octanol–water partition coefficient (Wildman–Crippen LogP) is 4.80. The fraction of sp³-hybridized carbons (Fsp3) is 0.333. The molecule has 5 heteroatoms. The average Bonchev–Trinajstić information content (AvgIpc) is 2.96. The highest BCUT2D eigenvalue weighted by Gasteiger charge is 2.17. The van der Waals surface area contributed by atoms with Crippen LogP contribution in [0.15, 0.2) is 42.6 Å². The van der Waals surface area contributed by atoms with Gasteiger partial charge in [-0.25, -0.2) is 4.79 Å². The molecule has 0 N–H and O–H groups in total. The van der Waals surface area contributed by atoms with Crippen molar-refractivity contribution in [3.63, 3.8) is 0 Å². The Bertz CT molecular complexity index is 890. The van der Waals surface area contributed by atoms with E-state index < -0.39 is 0 Å². The highest BCUT2D eigenvalue weighted by molar-refractivity contribution is 7.14. The summed E-state index contributed by atoms with van der Waals surface area (Å²) in [5.41, 5.74) is 2.22. The number of nitrogens with zero attached hydrogens (tertiary/aromatic N) is 1. The lowest BCUT2D eigenvalue weighted by Crippen LogP contribution is -2.11. The number of aryl methyl sites for hydroxylation is 2. The van der Waals surface area contributed by atoms with Crippen molar-refractivity contribution in [3.05, 3.63) is 57.9 Å². The molecule has 1 aliphatic carbocycles. The topological polar surface area (TPSA) is 48.4 Å². The van der Waals surface area contributed by atoms with Crippen LogP contribution in [0, 0.1) is 0 Å². The molecule has 0 saturated carbocycles. The van der Waals surface area contributed by atoms with Crippen LogP contribution < -0.4 is 4.74 Å². The summed E-state index contributed by atoms with van der Waals surface area (Å²) >= 11 is 1.59. The number of esters is 1. The summed E-state index contributed by atoms with van der Waals surface area (Å²) in [6.45, 7) is 0.558. The standard InChI is InChI=1S/C21H21NO3S/c23-21(20-14-15-6-2-1-3-9-19(15)26-20)25-13-12-24-18-10-11-22-17-8-5-4-7-16(17)18/h4-5,7-8,10-11,14H,1-3,6,9,12-13H2. The molecule has 3 aromatic rings. The fourth-order valence-corrected chi connectivity index (χ4v) is 4.47. The van der Waals surface area contributed by atoms with Crippen LogP contribution in [0.4, 0.5) is 0 Å². The molecule has 0 spiro atoms. The molecule has 0 aliphatic heterocycles. The van der Waals surface area contributed by atoms with Crippen molar-refractivity contribution in [1.82, 2.24) is 4.98 Å². The second kappa shape index (κ2) is 7.87. The van der Waals surface area contributed by atoms with Crippen molar-refractivity contribution in [3.8, 4) is 5.75 Å². The molecule has 4 nitrogen and oxygen atoms in total. The van der Waals surface area contributed by atoms with E-state index in [0.29, 0.717) is 11.5 Å². The number of hydrogen-bond acceptors (Lipinski definition) is 5. The highest BCUT2D eigenvalue weighted by Crippen LogP contribution is 2.29. The Morgan fingerprint density at radius 2 is 1.96 bits per heavy atom. The van der Waals surface area contributed by atoms with Crippen LogP contribution in [0.2, 0.25) is 0 Å². The molecular formula is C21H21NO3S. The molecule has 4 rings (SSSR count). The van der Waals surface area contributed by atoms with Crippen molar-refractivity contribution in [2.75, 3.05) is 13.2 Å². The van der Waals surface area contributed by atoms with Crippen LogP contribution in [-0.2, 0) is 17.6 Å². The van der Waals surface area contributed by atoms with E-state index in [4.69, 9.17) is 9.47 Å². The average molecular weight is 367 g/mol. The largest absolute Gasteiger partial charge is 0.489 e. The van der Waals surface area contributed by atoms with Gasteiger partial charge in [-0.05, 0) is 55.5 Å². The number of carbonyl (C=O) groups excluding carboxylic acids is 1. The minimum atomic E-state index is -0.244. The summed E-state index contributed by atoms with van der Waals surface area (Å²) in [7, 11) is 0. The third kappa shape index (κ3) is 3.73. The number of thiophene rings is 1. The minimum Gasteiger partial charge on any atom is -0.489 e.